The molecule has 4 fully saturated rings. The van der Waals surface area contributed by atoms with E-state index in [0.717, 1.165) is 37.1 Å². The molecule has 2 amide bonds. The van der Waals surface area contributed by atoms with Crippen LogP contribution < -0.4 is 0 Å². The summed E-state index contributed by atoms with van der Waals surface area (Å²) in [7, 11) is 0. The monoisotopic (exact) mass is 294 g/mol. The maximum Gasteiger partial charge on any atom is 0.246 e. The Morgan fingerprint density at radius 1 is 1.30 bits per heavy atom. The first kappa shape index (κ1) is 13.0. The van der Waals surface area contributed by atoms with Gasteiger partial charge in [-0.05, 0) is 38.0 Å². The summed E-state index contributed by atoms with van der Waals surface area (Å²) in [4.78, 5) is 28.8. The minimum atomic E-state index is -0.196. The number of hydrogen-bond acceptors (Lipinski definition) is 3. The SMILES string of the molecule is C[C@]12CCC(=O)N1[C@@H](C(=O)N1C[C@H]3CCC[C@H]3C1)CS2. The lowest BCUT2D eigenvalue weighted by atomic mass is 10.0. The first-order valence-corrected chi connectivity index (χ1v) is 8.82. The third kappa shape index (κ3) is 1.74. The summed E-state index contributed by atoms with van der Waals surface area (Å²) >= 11 is 1.79. The van der Waals surface area contributed by atoms with Crippen molar-refractivity contribution >= 4 is 23.6 Å². The predicted octanol–water partition coefficient (Wildman–Crippen LogP) is 1.70. The average Bonchev–Trinajstić information content (AvgIpc) is 3.10. The highest BCUT2D eigenvalue weighted by atomic mass is 32.2. The molecule has 110 valence electrons. The summed E-state index contributed by atoms with van der Waals surface area (Å²) in [6.07, 6.45) is 5.41. The van der Waals surface area contributed by atoms with Gasteiger partial charge in [0.25, 0.3) is 0 Å². The Morgan fingerprint density at radius 3 is 2.70 bits per heavy atom. The smallest absolute Gasteiger partial charge is 0.246 e. The van der Waals surface area contributed by atoms with Gasteiger partial charge in [0.1, 0.15) is 6.04 Å². The van der Waals surface area contributed by atoms with Crippen molar-refractivity contribution in [3.8, 4) is 0 Å². The average molecular weight is 294 g/mol. The van der Waals surface area contributed by atoms with Crippen LogP contribution in [0.2, 0.25) is 0 Å². The second-order valence-corrected chi connectivity index (χ2v) is 8.46. The highest BCUT2D eigenvalue weighted by Crippen LogP contribution is 2.48. The van der Waals surface area contributed by atoms with Crippen molar-refractivity contribution in [2.24, 2.45) is 11.8 Å². The van der Waals surface area contributed by atoms with Crippen molar-refractivity contribution in [2.45, 2.75) is 49.9 Å². The van der Waals surface area contributed by atoms with E-state index >= 15 is 0 Å². The minimum Gasteiger partial charge on any atom is -0.340 e. The first-order chi connectivity index (χ1) is 9.58. The lowest BCUT2D eigenvalue weighted by Crippen LogP contribution is -2.51. The van der Waals surface area contributed by atoms with Crippen LogP contribution in [0.15, 0.2) is 0 Å². The number of amides is 2. The zero-order valence-electron chi connectivity index (χ0n) is 12.0. The molecule has 4 aliphatic rings. The molecule has 4 nitrogen and oxygen atoms in total. The molecule has 0 radical (unpaired) electrons. The van der Waals surface area contributed by atoms with Gasteiger partial charge >= 0.3 is 0 Å². The molecule has 3 heterocycles. The summed E-state index contributed by atoms with van der Waals surface area (Å²) in [6.45, 7) is 3.99. The Balaban J connectivity index is 1.51. The van der Waals surface area contributed by atoms with E-state index < -0.39 is 0 Å². The topological polar surface area (TPSA) is 40.6 Å². The predicted molar refractivity (Wildman–Crippen MR) is 78.1 cm³/mol. The molecule has 0 unspecified atom stereocenters. The van der Waals surface area contributed by atoms with Crippen LogP contribution in [0.25, 0.3) is 0 Å². The first-order valence-electron chi connectivity index (χ1n) is 7.83. The fraction of sp³-hybridized carbons (Fsp3) is 0.867. The molecule has 1 aliphatic carbocycles. The highest BCUT2D eigenvalue weighted by Gasteiger charge is 2.54. The fourth-order valence-electron chi connectivity index (χ4n) is 4.63. The molecule has 4 rings (SSSR count). The quantitative estimate of drug-likeness (QED) is 0.739. The molecule has 0 N–H and O–H groups in total. The number of nitrogens with zero attached hydrogens (tertiary/aromatic N) is 2. The number of likely N-dealkylation sites (tertiary alicyclic amines) is 1. The molecule has 0 bridgehead atoms. The number of carbonyl (C=O) groups excluding carboxylic acids is 2. The van der Waals surface area contributed by atoms with Crippen LogP contribution >= 0.6 is 11.8 Å². The van der Waals surface area contributed by atoms with Crippen LogP contribution in [-0.2, 0) is 9.59 Å². The molecule has 0 spiro atoms. The van der Waals surface area contributed by atoms with E-state index in [0.29, 0.717) is 6.42 Å². The lowest BCUT2D eigenvalue weighted by Gasteiger charge is -2.32. The van der Waals surface area contributed by atoms with Crippen LogP contribution in [0.3, 0.4) is 0 Å². The summed E-state index contributed by atoms with van der Waals surface area (Å²) in [5, 5.41) is 0. The van der Waals surface area contributed by atoms with Gasteiger partial charge in [-0.3, -0.25) is 9.59 Å². The van der Waals surface area contributed by atoms with E-state index in [9.17, 15) is 9.59 Å². The Morgan fingerprint density at radius 2 is 2.00 bits per heavy atom. The van der Waals surface area contributed by atoms with E-state index in [1.807, 2.05) is 4.90 Å². The molecule has 0 aromatic rings. The number of rotatable bonds is 1. The largest absolute Gasteiger partial charge is 0.340 e. The van der Waals surface area contributed by atoms with Gasteiger partial charge in [-0.1, -0.05) is 6.42 Å². The summed E-state index contributed by atoms with van der Waals surface area (Å²) in [6, 6.07) is -0.196. The molecule has 4 atom stereocenters. The zero-order valence-corrected chi connectivity index (χ0v) is 12.8. The molecule has 0 aromatic carbocycles. The Kier molecular flexibility index (Phi) is 2.85. The van der Waals surface area contributed by atoms with Gasteiger partial charge in [0.15, 0.2) is 0 Å². The Hall–Kier alpha value is -0.710. The van der Waals surface area contributed by atoms with Crippen molar-refractivity contribution in [1.29, 1.82) is 0 Å². The van der Waals surface area contributed by atoms with Gasteiger partial charge in [-0.2, -0.15) is 0 Å². The van der Waals surface area contributed by atoms with Gasteiger partial charge in [-0.15, -0.1) is 11.8 Å². The van der Waals surface area contributed by atoms with E-state index in [2.05, 4.69) is 11.8 Å². The van der Waals surface area contributed by atoms with Crippen LogP contribution in [0.5, 0.6) is 0 Å². The molecule has 1 saturated carbocycles. The number of hydrogen-bond donors (Lipinski definition) is 0. The van der Waals surface area contributed by atoms with Crippen molar-refractivity contribution in [3.05, 3.63) is 0 Å². The third-order valence-corrected chi connectivity index (χ3v) is 7.27. The maximum atomic E-state index is 12.8. The van der Waals surface area contributed by atoms with Gasteiger partial charge < -0.3 is 9.80 Å². The van der Waals surface area contributed by atoms with Gasteiger partial charge in [0.2, 0.25) is 11.8 Å². The standard InChI is InChI=1S/C15H22N2O2S/c1-15-6-5-13(18)17(15)12(9-20-15)14(19)16-7-10-3-2-4-11(10)8-16/h10-12H,2-9H2,1H3/t10-,11+,12-,15+/m1/s1. The molecule has 5 heteroatoms. The third-order valence-electron chi connectivity index (χ3n) is 5.77. The molecular formula is C15H22N2O2S. The van der Waals surface area contributed by atoms with Crippen molar-refractivity contribution in [3.63, 3.8) is 0 Å². The highest BCUT2D eigenvalue weighted by molar-refractivity contribution is 8.01. The van der Waals surface area contributed by atoms with Gasteiger partial charge in [-0.25, -0.2) is 0 Å². The maximum absolute atomic E-state index is 12.8. The minimum absolute atomic E-state index is 0.118. The summed E-state index contributed by atoms with van der Waals surface area (Å²) in [5.74, 6) is 2.64. The van der Waals surface area contributed by atoms with Crippen LogP contribution in [0.4, 0.5) is 0 Å². The van der Waals surface area contributed by atoms with Crippen LogP contribution in [0.1, 0.15) is 39.0 Å². The van der Waals surface area contributed by atoms with E-state index in [-0.39, 0.29) is 22.7 Å². The number of thioether (sulfide) groups is 1. The van der Waals surface area contributed by atoms with Gasteiger partial charge in [0.05, 0.1) is 4.87 Å². The molecule has 20 heavy (non-hydrogen) atoms. The number of fused-ring (bicyclic) bond motifs is 2. The van der Waals surface area contributed by atoms with E-state index in [1.165, 1.54) is 19.3 Å². The fourth-order valence-corrected chi connectivity index (χ4v) is 6.05. The normalized spacial score (nSPS) is 43.2. The molecule has 3 saturated heterocycles. The number of carbonyl (C=O) groups is 2. The lowest BCUT2D eigenvalue weighted by molar-refractivity contribution is -0.143. The van der Waals surface area contributed by atoms with E-state index in [1.54, 1.807) is 11.8 Å². The second-order valence-electron chi connectivity index (χ2n) is 6.96. The summed E-state index contributed by atoms with van der Waals surface area (Å²) in [5.41, 5.74) is 0. The summed E-state index contributed by atoms with van der Waals surface area (Å²) < 4.78 is 0. The Labute approximate surface area is 124 Å². The van der Waals surface area contributed by atoms with Gasteiger partial charge in [0, 0.05) is 25.3 Å². The second kappa shape index (κ2) is 4.39. The van der Waals surface area contributed by atoms with Crippen LogP contribution in [-0.4, -0.2) is 51.4 Å². The molecule has 3 aliphatic heterocycles. The van der Waals surface area contributed by atoms with Crippen molar-refractivity contribution < 1.29 is 9.59 Å². The molecular weight excluding hydrogens is 272 g/mol. The van der Waals surface area contributed by atoms with Crippen molar-refractivity contribution in [1.82, 2.24) is 9.80 Å². The van der Waals surface area contributed by atoms with E-state index in [4.69, 9.17) is 0 Å². The van der Waals surface area contributed by atoms with Crippen LogP contribution in [0, 0.1) is 11.8 Å². The molecule has 0 aromatic heterocycles. The van der Waals surface area contributed by atoms with Crippen molar-refractivity contribution in [2.75, 3.05) is 18.8 Å². The Bertz CT molecular complexity index is 457. The zero-order chi connectivity index (χ0) is 13.9.